The van der Waals surface area contributed by atoms with Gasteiger partial charge in [0.2, 0.25) is 0 Å². The molecule has 68 heavy (non-hydrogen) atoms. The summed E-state index contributed by atoms with van der Waals surface area (Å²) >= 11 is 0. The van der Waals surface area contributed by atoms with E-state index in [0.717, 1.165) is 27.9 Å². The van der Waals surface area contributed by atoms with Gasteiger partial charge in [0.05, 0.1) is 16.6 Å². The van der Waals surface area contributed by atoms with E-state index in [1.807, 2.05) is 6.20 Å². The number of hydrogen-bond acceptors (Lipinski definition) is 3. The third-order valence-electron chi connectivity index (χ3n) is 15.2. The Bertz CT molecular complexity index is 3370. The monoisotopic (exact) mass is 1050 g/mol. The molecule has 0 radical (unpaired) electrons. The average Bonchev–Trinajstić information content (AvgIpc) is 4.11. The molecule has 4 aliphatic rings. The van der Waals surface area contributed by atoms with Gasteiger partial charge in [-0.05, 0) is 109 Å². The van der Waals surface area contributed by atoms with Gasteiger partial charge in [-0.3, -0.25) is 4.98 Å². The Hall–Kier alpha value is -7.06. The Morgan fingerprint density at radius 3 is 1.26 bits per heavy atom. The molecule has 3 aliphatic carbocycles. The number of rotatable bonds is 6. The third kappa shape index (κ3) is 5.60. The Morgan fingerprint density at radius 2 is 0.824 bits per heavy atom. The average molecular weight is 1050 g/mol. The van der Waals surface area contributed by atoms with Crippen LogP contribution >= 0.6 is 0 Å². The fourth-order valence-electron chi connectivity index (χ4n) is 12.4. The largest absolute Gasteiger partial charge is 0.511 e. The van der Waals surface area contributed by atoms with Crippen LogP contribution in [0.5, 0.6) is 0 Å². The third-order valence-corrected chi connectivity index (χ3v) is 15.2. The van der Waals surface area contributed by atoms with E-state index in [1.54, 1.807) is 0 Å². The van der Waals surface area contributed by atoms with E-state index in [2.05, 4.69) is 263 Å². The van der Waals surface area contributed by atoms with Gasteiger partial charge >= 0.3 is 0 Å². The van der Waals surface area contributed by atoms with Crippen molar-refractivity contribution >= 4 is 0 Å². The van der Waals surface area contributed by atoms with Crippen molar-refractivity contribution in [2.24, 2.45) is 0 Å². The van der Waals surface area contributed by atoms with E-state index in [4.69, 9.17) is 4.98 Å². The standard InChI is InChI=1S/C64H48N3.Pt/c1-61(2,3)43-35-36-65-60(41-43)63(56-31-13-7-25-50(56)51-26-8-14-32-57(51)63)46-21-17-19-44(39-46)62(54-29-11-5-23-48(54)49-24-6-12-30-55(49)62)45-20-18-22-47(40-45)64(67-38-37-66(4)42-67)58-33-15-9-27-52(58)53-28-10-16-34-59(53)64;/h5-38,41-42H,1-4H3;/q-3;. The molecule has 8 aromatic carbocycles. The number of nitrogens with zero attached hydrogens (tertiary/aromatic N) is 3. The van der Waals surface area contributed by atoms with Gasteiger partial charge in [0.15, 0.2) is 0 Å². The van der Waals surface area contributed by atoms with Crippen LogP contribution < -0.4 is 0 Å². The first-order chi connectivity index (χ1) is 32.8. The maximum atomic E-state index is 5.36. The Balaban J connectivity index is 0.00000480. The van der Waals surface area contributed by atoms with Gasteiger partial charge in [-0.2, -0.15) is 55.2 Å². The molecule has 9 aromatic rings. The molecule has 332 valence electrons. The fraction of sp³-hybridized carbons (Fsp3) is 0.125. The van der Waals surface area contributed by atoms with Gasteiger partial charge in [-0.15, -0.1) is 22.3 Å². The summed E-state index contributed by atoms with van der Waals surface area (Å²) in [5.74, 6) is 0. The van der Waals surface area contributed by atoms with E-state index in [-0.39, 0.29) is 26.5 Å². The molecule has 4 heteroatoms. The van der Waals surface area contributed by atoms with Crippen LogP contribution in [0.25, 0.3) is 33.4 Å². The molecule has 0 bridgehead atoms. The molecule has 0 spiro atoms. The molecular formula is C64H48N3Pt-3. The molecule has 0 N–H and O–H groups in total. The summed E-state index contributed by atoms with van der Waals surface area (Å²) in [7, 11) is 2.10. The number of benzene rings is 8. The Labute approximate surface area is 414 Å². The first-order valence-corrected chi connectivity index (χ1v) is 23.4. The molecule has 13 rings (SSSR count). The maximum Gasteiger partial charge on any atom is 0.0686 e. The van der Waals surface area contributed by atoms with Crippen molar-refractivity contribution in [2.75, 3.05) is 7.05 Å². The van der Waals surface area contributed by atoms with E-state index in [0.29, 0.717) is 0 Å². The molecule has 1 aliphatic heterocycles. The van der Waals surface area contributed by atoms with Crippen LogP contribution in [0.4, 0.5) is 0 Å². The van der Waals surface area contributed by atoms with Crippen molar-refractivity contribution in [1.29, 1.82) is 0 Å². The van der Waals surface area contributed by atoms with Gasteiger partial charge in [0, 0.05) is 32.7 Å². The molecule has 3 nitrogen and oxygen atoms in total. The summed E-state index contributed by atoms with van der Waals surface area (Å²) in [6.07, 6.45) is 6.37. The van der Waals surface area contributed by atoms with Crippen LogP contribution in [-0.4, -0.2) is 21.8 Å². The zero-order valence-electron chi connectivity index (χ0n) is 38.4. The van der Waals surface area contributed by atoms with Crippen molar-refractivity contribution in [3.05, 3.63) is 298 Å². The van der Waals surface area contributed by atoms with Crippen LogP contribution in [0.15, 0.2) is 213 Å². The fourth-order valence-corrected chi connectivity index (χ4v) is 12.4. The summed E-state index contributed by atoms with van der Waals surface area (Å²) in [6.45, 7) is 9.07. The summed E-state index contributed by atoms with van der Waals surface area (Å²) in [6, 6.07) is 80.6. The van der Waals surface area contributed by atoms with E-state index in [9.17, 15) is 0 Å². The van der Waals surface area contributed by atoms with Crippen LogP contribution in [0.2, 0.25) is 0 Å². The Morgan fingerprint density at radius 1 is 0.441 bits per heavy atom. The zero-order valence-corrected chi connectivity index (χ0v) is 40.7. The van der Waals surface area contributed by atoms with Crippen molar-refractivity contribution in [2.45, 2.75) is 42.6 Å². The van der Waals surface area contributed by atoms with Crippen LogP contribution in [-0.2, 0) is 42.8 Å². The normalized spacial score (nSPS) is 16.0. The quantitative estimate of drug-likeness (QED) is 0.155. The first-order valence-electron chi connectivity index (χ1n) is 23.4. The van der Waals surface area contributed by atoms with Crippen molar-refractivity contribution in [1.82, 2.24) is 14.8 Å². The smallest absolute Gasteiger partial charge is 0.0686 e. The van der Waals surface area contributed by atoms with Crippen LogP contribution in [0.1, 0.15) is 87.7 Å². The van der Waals surface area contributed by atoms with Gasteiger partial charge in [0.1, 0.15) is 0 Å². The second-order valence-corrected chi connectivity index (χ2v) is 19.6. The van der Waals surface area contributed by atoms with Crippen LogP contribution in [0, 0.1) is 18.8 Å². The second kappa shape index (κ2) is 15.5. The van der Waals surface area contributed by atoms with Crippen molar-refractivity contribution < 1.29 is 21.1 Å². The predicted octanol–water partition coefficient (Wildman–Crippen LogP) is 13.8. The van der Waals surface area contributed by atoms with Gasteiger partial charge < -0.3 is 9.80 Å². The van der Waals surface area contributed by atoms with Gasteiger partial charge in [0.25, 0.3) is 0 Å². The predicted molar refractivity (Wildman–Crippen MR) is 270 cm³/mol. The Kier molecular flexibility index (Phi) is 9.64. The van der Waals surface area contributed by atoms with Crippen molar-refractivity contribution in [3.63, 3.8) is 0 Å². The summed E-state index contributed by atoms with van der Waals surface area (Å²) in [4.78, 5) is 9.89. The van der Waals surface area contributed by atoms with E-state index >= 15 is 0 Å². The molecule has 0 saturated carbocycles. The topological polar surface area (TPSA) is 19.4 Å². The van der Waals surface area contributed by atoms with E-state index < -0.39 is 16.4 Å². The molecule has 0 saturated heterocycles. The van der Waals surface area contributed by atoms with Crippen molar-refractivity contribution in [3.8, 4) is 33.4 Å². The molecule has 0 amide bonds. The summed E-state index contributed by atoms with van der Waals surface area (Å²) in [5.41, 5.74) is 19.0. The number of pyridine rings is 1. The minimum atomic E-state index is -0.793. The second-order valence-electron chi connectivity index (χ2n) is 19.6. The minimum absolute atomic E-state index is 0. The van der Waals surface area contributed by atoms with Crippen LogP contribution in [0.3, 0.4) is 0 Å². The first kappa shape index (κ1) is 42.3. The zero-order chi connectivity index (χ0) is 45.1. The molecule has 2 heterocycles. The van der Waals surface area contributed by atoms with Gasteiger partial charge in [-0.25, -0.2) is 0 Å². The number of fused-ring (bicyclic) bond motifs is 9. The molecule has 1 aromatic heterocycles. The molecule has 0 unspecified atom stereocenters. The number of aromatic nitrogens is 1. The number of hydrogen-bond donors (Lipinski definition) is 0. The van der Waals surface area contributed by atoms with E-state index in [1.165, 1.54) is 72.3 Å². The maximum absolute atomic E-state index is 5.36. The van der Waals surface area contributed by atoms with Gasteiger partial charge in [-0.1, -0.05) is 166 Å². The molecule has 0 fully saturated rings. The minimum Gasteiger partial charge on any atom is -0.511 e. The summed E-state index contributed by atoms with van der Waals surface area (Å²) in [5, 5.41) is 0. The molecular weight excluding hydrogens is 1010 g/mol. The molecule has 0 atom stereocenters. The summed E-state index contributed by atoms with van der Waals surface area (Å²) < 4.78 is 0. The SMILES string of the molecule is CN1C=CN(C2(c3[c-]c(C4(c5[c-]c(C6(c7cc(C(C)(C)C)ccn7)c7ccccc7-c7ccccc76)ccc5)c5ccccc5-c5ccccc54)ccc3)c3ccccc3-c3ccccc32)[CH-]1.[Pt].